The first-order valence-electron chi connectivity index (χ1n) is 4.37. The summed E-state index contributed by atoms with van der Waals surface area (Å²) >= 11 is 0. The molecule has 0 aromatic heterocycles. The van der Waals surface area contributed by atoms with Gasteiger partial charge in [-0.15, -0.1) is 10.6 Å². The number of amidine groups is 1. The summed E-state index contributed by atoms with van der Waals surface area (Å²) in [5, 5.41) is 8.18. The first-order valence-corrected chi connectivity index (χ1v) is 4.37. The minimum absolute atomic E-state index is 0.627. The average Bonchev–Trinajstić information content (AvgIpc) is 2.79. The van der Waals surface area contributed by atoms with E-state index < -0.39 is 0 Å². The molecule has 0 spiro atoms. The van der Waals surface area contributed by atoms with Crippen molar-refractivity contribution in [3.8, 4) is 0 Å². The van der Waals surface area contributed by atoms with Gasteiger partial charge in [-0.25, -0.2) is 5.12 Å². The molecule has 0 radical (unpaired) electrons. The van der Waals surface area contributed by atoms with E-state index in [9.17, 15) is 0 Å². The molecule has 1 aliphatic carbocycles. The van der Waals surface area contributed by atoms with Crippen LogP contribution in [0.3, 0.4) is 0 Å². The Hall–Kier alpha value is -0.810. The van der Waals surface area contributed by atoms with Gasteiger partial charge in [0, 0.05) is 19.5 Å². The molecule has 12 heavy (non-hydrogen) atoms. The van der Waals surface area contributed by atoms with Crippen molar-refractivity contribution in [3.05, 3.63) is 0 Å². The van der Waals surface area contributed by atoms with Crippen LogP contribution in [0.25, 0.3) is 0 Å². The standard InChI is InChI=1S/C7H15N5/c1-11-7(6-2-3-6)9-12(10-11)5-4-8/h6,10H,2-5,8H2,1H3. The summed E-state index contributed by atoms with van der Waals surface area (Å²) < 4.78 is 0. The molecular weight excluding hydrogens is 154 g/mol. The van der Waals surface area contributed by atoms with Gasteiger partial charge < -0.3 is 5.73 Å². The van der Waals surface area contributed by atoms with Crippen LogP contribution in [0.4, 0.5) is 0 Å². The van der Waals surface area contributed by atoms with Crippen LogP contribution in [-0.2, 0) is 0 Å². The fourth-order valence-corrected chi connectivity index (χ4v) is 1.36. The highest BCUT2D eigenvalue weighted by molar-refractivity contribution is 5.86. The molecule has 1 heterocycles. The van der Waals surface area contributed by atoms with Gasteiger partial charge in [-0.1, -0.05) is 0 Å². The third-order valence-corrected chi connectivity index (χ3v) is 2.12. The number of hydrazine groups is 2. The van der Waals surface area contributed by atoms with E-state index in [1.807, 2.05) is 12.1 Å². The summed E-state index contributed by atoms with van der Waals surface area (Å²) in [6.45, 7) is 1.39. The SMILES string of the molecule is CN1NN(CCN)N=C1C1CC1. The Labute approximate surface area is 72.1 Å². The summed E-state index contributed by atoms with van der Waals surface area (Å²) in [5.74, 6) is 1.84. The summed E-state index contributed by atoms with van der Waals surface area (Å²) in [7, 11) is 1.99. The maximum Gasteiger partial charge on any atom is 0.145 e. The number of nitrogens with two attached hydrogens (primary N) is 1. The lowest BCUT2D eigenvalue weighted by Crippen LogP contribution is -2.42. The molecule has 3 N–H and O–H groups in total. The highest BCUT2D eigenvalue weighted by atomic mass is 15.9. The number of hydrazone groups is 1. The fraction of sp³-hybridized carbons (Fsp3) is 0.857. The first-order chi connectivity index (χ1) is 5.81. The predicted octanol–water partition coefficient (Wildman–Crippen LogP) is -0.664. The second kappa shape index (κ2) is 2.91. The lowest BCUT2D eigenvalue weighted by molar-refractivity contribution is 0.134. The summed E-state index contributed by atoms with van der Waals surface area (Å²) in [6, 6.07) is 0. The van der Waals surface area contributed by atoms with Gasteiger partial charge in [0.1, 0.15) is 5.84 Å². The van der Waals surface area contributed by atoms with E-state index >= 15 is 0 Å². The second-order valence-corrected chi connectivity index (χ2v) is 3.30. The van der Waals surface area contributed by atoms with Crippen LogP contribution < -0.4 is 11.3 Å². The monoisotopic (exact) mass is 169 g/mol. The van der Waals surface area contributed by atoms with Crippen molar-refractivity contribution >= 4 is 5.84 Å². The topological polar surface area (TPSA) is 56.9 Å². The molecule has 0 aromatic rings. The zero-order chi connectivity index (χ0) is 8.55. The van der Waals surface area contributed by atoms with Gasteiger partial charge in [0.05, 0.1) is 6.54 Å². The third-order valence-electron chi connectivity index (χ3n) is 2.12. The highest BCUT2D eigenvalue weighted by Crippen LogP contribution is 2.32. The summed E-state index contributed by atoms with van der Waals surface area (Å²) in [6.07, 6.45) is 2.56. The molecule has 0 amide bonds. The molecule has 0 unspecified atom stereocenters. The molecule has 0 aromatic carbocycles. The van der Waals surface area contributed by atoms with Crippen LogP contribution >= 0.6 is 0 Å². The van der Waals surface area contributed by atoms with Gasteiger partial charge in [-0.3, -0.25) is 5.01 Å². The van der Waals surface area contributed by atoms with E-state index in [0.29, 0.717) is 12.5 Å². The van der Waals surface area contributed by atoms with Gasteiger partial charge >= 0.3 is 0 Å². The molecule has 2 aliphatic rings. The maximum atomic E-state index is 5.42. The molecule has 0 saturated heterocycles. The molecule has 1 aliphatic heterocycles. The van der Waals surface area contributed by atoms with Crippen molar-refractivity contribution in [3.63, 3.8) is 0 Å². The Morgan fingerprint density at radius 2 is 2.42 bits per heavy atom. The molecule has 1 saturated carbocycles. The highest BCUT2D eigenvalue weighted by Gasteiger charge is 2.34. The van der Waals surface area contributed by atoms with Crippen molar-refractivity contribution in [2.24, 2.45) is 16.8 Å². The molecule has 2 rings (SSSR count). The average molecular weight is 169 g/mol. The van der Waals surface area contributed by atoms with Gasteiger partial charge in [0.25, 0.3) is 0 Å². The predicted molar refractivity (Wildman–Crippen MR) is 46.8 cm³/mol. The van der Waals surface area contributed by atoms with Crippen molar-refractivity contribution in [2.45, 2.75) is 12.8 Å². The van der Waals surface area contributed by atoms with Gasteiger partial charge in [0.2, 0.25) is 0 Å². The second-order valence-electron chi connectivity index (χ2n) is 3.30. The normalized spacial score (nSPS) is 23.3. The van der Waals surface area contributed by atoms with Gasteiger partial charge in [0.15, 0.2) is 0 Å². The fourth-order valence-electron chi connectivity index (χ4n) is 1.36. The minimum atomic E-state index is 0.627. The Balaban J connectivity index is 1.96. The van der Waals surface area contributed by atoms with E-state index in [0.717, 1.165) is 12.4 Å². The van der Waals surface area contributed by atoms with Crippen LogP contribution in [0.5, 0.6) is 0 Å². The molecule has 5 nitrogen and oxygen atoms in total. The molecular formula is C7H15N5. The van der Waals surface area contributed by atoms with E-state index in [1.54, 1.807) is 5.12 Å². The van der Waals surface area contributed by atoms with Gasteiger partial charge in [-0.2, -0.15) is 0 Å². The van der Waals surface area contributed by atoms with Crippen LogP contribution in [0.2, 0.25) is 0 Å². The van der Waals surface area contributed by atoms with E-state index in [4.69, 9.17) is 5.73 Å². The van der Waals surface area contributed by atoms with E-state index in [1.165, 1.54) is 12.8 Å². The Morgan fingerprint density at radius 3 is 3.00 bits per heavy atom. The van der Waals surface area contributed by atoms with Gasteiger partial charge in [-0.05, 0) is 12.8 Å². The lowest BCUT2D eigenvalue weighted by atomic mass is 10.4. The zero-order valence-corrected chi connectivity index (χ0v) is 7.32. The number of nitrogens with zero attached hydrogens (tertiary/aromatic N) is 3. The minimum Gasteiger partial charge on any atom is -0.329 e. The number of rotatable bonds is 3. The number of nitrogens with one attached hydrogen (secondary N) is 1. The quantitative estimate of drug-likeness (QED) is 0.588. The smallest absolute Gasteiger partial charge is 0.145 e. The number of hydrogen-bond acceptors (Lipinski definition) is 5. The molecule has 0 bridgehead atoms. The van der Waals surface area contributed by atoms with Crippen molar-refractivity contribution in [2.75, 3.05) is 20.1 Å². The Morgan fingerprint density at radius 1 is 1.67 bits per heavy atom. The summed E-state index contributed by atoms with van der Waals surface area (Å²) in [4.78, 5) is 0. The lowest BCUT2D eigenvalue weighted by Gasteiger charge is -2.16. The molecule has 68 valence electrons. The zero-order valence-electron chi connectivity index (χ0n) is 7.32. The summed E-state index contributed by atoms with van der Waals surface area (Å²) in [5.41, 5.74) is 8.53. The van der Waals surface area contributed by atoms with Crippen LogP contribution in [0.15, 0.2) is 5.10 Å². The van der Waals surface area contributed by atoms with Crippen LogP contribution in [-0.4, -0.2) is 36.1 Å². The third kappa shape index (κ3) is 1.37. The van der Waals surface area contributed by atoms with E-state index in [2.05, 4.69) is 10.6 Å². The van der Waals surface area contributed by atoms with Crippen molar-refractivity contribution in [1.82, 2.24) is 15.7 Å². The Kier molecular flexibility index (Phi) is 1.90. The molecule has 1 fully saturated rings. The van der Waals surface area contributed by atoms with Crippen molar-refractivity contribution in [1.29, 1.82) is 0 Å². The van der Waals surface area contributed by atoms with Crippen LogP contribution in [0.1, 0.15) is 12.8 Å². The molecule has 5 heteroatoms. The van der Waals surface area contributed by atoms with Crippen molar-refractivity contribution < 1.29 is 0 Å². The Bertz CT molecular complexity index is 198. The first kappa shape index (κ1) is 7.82. The number of hydrogen-bond donors (Lipinski definition) is 2. The largest absolute Gasteiger partial charge is 0.329 e. The van der Waals surface area contributed by atoms with Crippen LogP contribution in [0, 0.1) is 5.92 Å². The van der Waals surface area contributed by atoms with E-state index in [-0.39, 0.29) is 0 Å². The molecule has 0 atom stereocenters. The maximum absolute atomic E-state index is 5.42.